The van der Waals surface area contributed by atoms with Crippen molar-refractivity contribution in [2.24, 2.45) is 10.9 Å². The standard InChI is InChI=1S/C22H36N4O2/c1-2-23-22(24-9-4-12-28-18-19-7-8-19)25-16-20-5-3-6-21(15-20)17-26-10-13-27-14-11-26/h3,5-6,15,19H,2,4,7-14,16-18H2,1H3,(H2,23,24,25). The maximum absolute atomic E-state index is 5.69. The van der Waals surface area contributed by atoms with E-state index in [0.29, 0.717) is 6.54 Å². The lowest BCUT2D eigenvalue weighted by atomic mass is 10.1. The minimum Gasteiger partial charge on any atom is -0.381 e. The van der Waals surface area contributed by atoms with Crippen LogP contribution in [0.3, 0.4) is 0 Å². The fraction of sp³-hybridized carbons (Fsp3) is 0.682. The predicted octanol–water partition coefficient (Wildman–Crippen LogP) is 2.39. The Hall–Kier alpha value is -1.63. The molecule has 1 heterocycles. The third-order valence-electron chi connectivity index (χ3n) is 5.07. The van der Waals surface area contributed by atoms with Gasteiger partial charge in [0, 0.05) is 45.9 Å². The van der Waals surface area contributed by atoms with Crippen LogP contribution in [0.4, 0.5) is 0 Å². The van der Waals surface area contributed by atoms with Gasteiger partial charge in [-0.25, -0.2) is 4.99 Å². The first-order chi connectivity index (χ1) is 13.8. The summed E-state index contributed by atoms with van der Waals surface area (Å²) in [5, 5.41) is 6.74. The number of morpholine rings is 1. The first kappa shape index (κ1) is 21.1. The molecule has 0 radical (unpaired) electrons. The van der Waals surface area contributed by atoms with Crippen LogP contribution >= 0.6 is 0 Å². The van der Waals surface area contributed by atoms with E-state index >= 15 is 0 Å². The third-order valence-corrected chi connectivity index (χ3v) is 5.07. The van der Waals surface area contributed by atoms with Crippen molar-refractivity contribution in [1.29, 1.82) is 0 Å². The van der Waals surface area contributed by atoms with Crippen LogP contribution in [0.15, 0.2) is 29.3 Å². The molecule has 2 fully saturated rings. The zero-order valence-electron chi connectivity index (χ0n) is 17.3. The zero-order valence-corrected chi connectivity index (χ0v) is 17.3. The lowest BCUT2D eigenvalue weighted by Crippen LogP contribution is -2.38. The Labute approximate surface area is 169 Å². The summed E-state index contributed by atoms with van der Waals surface area (Å²) in [6.45, 7) is 11.0. The van der Waals surface area contributed by atoms with E-state index in [2.05, 4.69) is 46.7 Å². The summed E-state index contributed by atoms with van der Waals surface area (Å²) in [5.41, 5.74) is 2.59. The van der Waals surface area contributed by atoms with Crippen molar-refractivity contribution in [1.82, 2.24) is 15.5 Å². The molecule has 0 amide bonds. The Morgan fingerprint density at radius 3 is 2.82 bits per heavy atom. The Morgan fingerprint density at radius 2 is 2.04 bits per heavy atom. The smallest absolute Gasteiger partial charge is 0.191 e. The summed E-state index contributed by atoms with van der Waals surface area (Å²) in [4.78, 5) is 7.19. The lowest BCUT2D eigenvalue weighted by molar-refractivity contribution is 0.0342. The van der Waals surface area contributed by atoms with Crippen molar-refractivity contribution in [3.63, 3.8) is 0 Å². The van der Waals surface area contributed by atoms with Crippen LogP contribution in [-0.2, 0) is 22.6 Å². The second-order valence-electron chi connectivity index (χ2n) is 7.70. The molecule has 1 aliphatic heterocycles. The molecular formula is C22H36N4O2. The van der Waals surface area contributed by atoms with Gasteiger partial charge in [0.2, 0.25) is 0 Å². The van der Waals surface area contributed by atoms with Crippen LogP contribution in [0.25, 0.3) is 0 Å². The predicted molar refractivity (Wildman–Crippen MR) is 114 cm³/mol. The third kappa shape index (κ3) is 8.17. The van der Waals surface area contributed by atoms with Crippen LogP contribution in [0.2, 0.25) is 0 Å². The molecule has 1 aromatic carbocycles. The summed E-state index contributed by atoms with van der Waals surface area (Å²) in [7, 11) is 0. The van der Waals surface area contributed by atoms with Crippen LogP contribution < -0.4 is 10.6 Å². The highest BCUT2D eigenvalue weighted by atomic mass is 16.5. The van der Waals surface area contributed by atoms with Crippen LogP contribution in [0, 0.1) is 5.92 Å². The van der Waals surface area contributed by atoms with Gasteiger partial charge in [0.1, 0.15) is 0 Å². The molecule has 6 heteroatoms. The van der Waals surface area contributed by atoms with Crippen LogP contribution in [0.5, 0.6) is 0 Å². The highest BCUT2D eigenvalue weighted by Gasteiger charge is 2.20. The number of hydrogen-bond donors (Lipinski definition) is 2. The SMILES string of the molecule is CCNC(=NCc1cccc(CN2CCOCC2)c1)NCCCOCC1CC1. The largest absolute Gasteiger partial charge is 0.381 e. The van der Waals surface area contributed by atoms with E-state index in [0.717, 1.165) is 77.4 Å². The van der Waals surface area contributed by atoms with Gasteiger partial charge in [0.25, 0.3) is 0 Å². The topological polar surface area (TPSA) is 58.1 Å². The van der Waals surface area contributed by atoms with E-state index in [1.165, 1.54) is 24.0 Å². The van der Waals surface area contributed by atoms with Gasteiger partial charge in [-0.15, -0.1) is 0 Å². The number of aliphatic imine (C=N–C) groups is 1. The Balaban J connectivity index is 1.41. The van der Waals surface area contributed by atoms with Gasteiger partial charge in [-0.3, -0.25) is 4.90 Å². The molecule has 0 unspecified atom stereocenters. The highest BCUT2D eigenvalue weighted by molar-refractivity contribution is 5.79. The van der Waals surface area contributed by atoms with Gasteiger partial charge in [0.15, 0.2) is 5.96 Å². The number of ether oxygens (including phenoxy) is 2. The molecule has 0 bridgehead atoms. The second-order valence-corrected chi connectivity index (χ2v) is 7.70. The molecule has 1 saturated carbocycles. The van der Waals surface area contributed by atoms with E-state index in [1.54, 1.807) is 0 Å². The molecule has 1 aromatic rings. The van der Waals surface area contributed by atoms with E-state index in [1.807, 2.05) is 0 Å². The van der Waals surface area contributed by atoms with Crippen molar-refractivity contribution in [2.75, 3.05) is 52.6 Å². The second kappa shape index (κ2) is 12.0. The molecule has 0 atom stereocenters. The number of benzene rings is 1. The van der Waals surface area contributed by atoms with Crippen molar-refractivity contribution < 1.29 is 9.47 Å². The van der Waals surface area contributed by atoms with E-state index < -0.39 is 0 Å². The van der Waals surface area contributed by atoms with Gasteiger partial charge in [-0.1, -0.05) is 24.3 Å². The van der Waals surface area contributed by atoms with Crippen molar-refractivity contribution in [3.05, 3.63) is 35.4 Å². The highest BCUT2D eigenvalue weighted by Crippen LogP contribution is 2.28. The molecule has 2 N–H and O–H groups in total. The van der Waals surface area contributed by atoms with Gasteiger partial charge in [0.05, 0.1) is 19.8 Å². The average molecular weight is 389 g/mol. The monoisotopic (exact) mass is 388 g/mol. The minimum absolute atomic E-state index is 0.685. The van der Waals surface area contributed by atoms with Crippen molar-refractivity contribution in [3.8, 4) is 0 Å². The molecule has 1 aliphatic carbocycles. The fourth-order valence-corrected chi connectivity index (χ4v) is 3.27. The Kier molecular flexibility index (Phi) is 9.07. The maximum atomic E-state index is 5.69. The maximum Gasteiger partial charge on any atom is 0.191 e. The first-order valence-electron chi connectivity index (χ1n) is 10.8. The summed E-state index contributed by atoms with van der Waals surface area (Å²) in [6.07, 6.45) is 3.71. The number of nitrogens with one attached hydrogen (secondary N) is 2. The number of rotatable bonds is 11. The summed E-state index contributed by atoms with van der Waals surface area (Å²) in [5.74, 6) is 1.72. The molecular weight excluding hydrogens is 352 g/mol. The summed E-state index contributed by atoms with van der Waals surface area (Å²) in [6, 6.07) is 8.77. The van der Waals surface area contributed by atoms with E-state index in [4.69, 9.17) is 14.5 Å². The molecule has 0 spiro atoms. The van der Waals surface area contributed by atoms with E-state index in [-0.39, 0.29) is 0 Å². The molecule has 28 heavy (non-hydrogen) atoms. The number of guanidine groups is 1. The molecule has 6 nitrogen and oxygen atoms in total. The Morgan fingerprint density at radius 1 is 1.21 bits per heavy atom. The van der Waals surface area contributed by atoms with Crippen LogP contribution in [0.1, 0.15) is 37.3 Å². The summed E-state index contributed by atoms with van der Waals surface area (Å²) < 4.78 is 11.1. The van der Waals surface area contributed by atoms with Gasteiger partial charge >= 0.3 is 0 Å². The van der Waals surface area contributed by atoms with Gasteiger partial charge in [-0.05, 0) is 43.2 Å². The quantitative estimate of drug-likeness (QED) is 0.346. The molecule has 1 saturated heterocycles. The van der Waals surface area contributed by atoms with Crippen molar-refractivity contribution in [2.45, 2.75) is 39.3 Å². The normalized spacial score (nSPS) is 18.2. The molecule has 156 valence electrons. The minimum atomic E-state index is 0.685. The first-order valence-corrected chi connectivity index (χ1v) is 10.8. The van der Waals surface area contributed by atoms with E-state index in [9.17, 15) is 0 Å². The molecule has 3 rings (SSSR count). The molecule has 0 aromatic heterocycles. The van der Waals surface area contributed by atoms with Crippen LogP contribution in [-0.4, -0.2) is 63.5 Å². The number of hydrogen-bond acceptors (Lipinski definition) is 4. The Bertz CT molecular complexity index is 598. The summed E-state index contributed by atoms with van der Waals surface area (Å²) >= 11 is 0. The average Bonchev–Trinajstić information content (AvgIpc) is 3.54. The zero-order chi connectivity index (χ0) is 19.4. The van der Waals surface area contributed by atoms with Crippen molar-refractivity contribution >= 4 is 5.96 Å². The number of nitrogens with zero attached hydrogens (tertiary/aromatic N) is 2. The van der Waals surface area contributed by atoms with Gasteiger partial charge < -0.3 is 20.1 Å². The fourth-order valence-electron chi connectivity index (χ4n) is 3.27. The van der Waals surface area contributed by atoms with Gasteiger partial charge in [-0.2, -0.15) is 0 Å². The lowest BCUT2D eigenvalue weighted by Gasteiger charge is -2.26. The molecule has 2 aliphatic rings.